The zero-order valence-corrected chi connectivity index (χ0v) is 19.3. The fraction of sp³-hybridized carbons (Fsp3) is 0.333. The number of thiazole rings is 1. The van der Waals surface area contributed by atoms with Crippen molar-refractivity contribution in [3.8, 4) is 5.82 Å². The third-order valence-electron chi connectivity index (χ3n) is 5.45. The van der Waals surface area contributed by atoms with E-state index in [0.29, 0.717) is 27.5 Å². The Bertz CT molecular complexity index is 1390. The van der Waals surface area contributed by atoms with Gasteiger partial charge in [0.15, 0.2) is 5.82 Å². The standard InChI is InChI=1S/C21H19F3N8O2S/c1-10-29-16-15(17(34-2)11-3-4-11)14(9-26-19(16)35-10)31-20(33)30-12-7-13(21(22,23)24)18(25-8-12)32-27-5-6-28-32/h5-9,11,17H,3-4H2,1-2H3,(H2,30,31,33). The number of anilines is 2. The molecule has 2 N–H and O–H groups in total. The highest BCUT2D eigenvalue weighted by molar-refractivity contribution is 7.18. The fourth-order valence-electron chi connectivity index (χ4n) is 3.84. The number of hydrogen-bond donors (Lipinski definition) is 2. The van der Waals surface area contributed by atoms with Gasteiger partial charge in [-0.2, -0.15) is 23.4 Å². The van der Waals surface area contributed by atoms with Gasteiger partial charge in [0.2, 0.25) is 0 Å². The molecule has 35 heavy (non-hydrogen) atoms. The molecule has 0 saturated heterocycles. The molecule has 182 valence electrons. The van der Waals surface area contributed by atoms with E-state index in [0.717, 1.165) is 34.9 Å². The number of ether oxygens (including phenoxy) is 1. The van der Waals surface area contributed by atoms with Crippen LogP contribution in [-0.4, -0.2) is 43.1 Å². The highest BCUT2D eigenvalue weighted by Crippen LogP contribution is 2.47. The Labute approximate surface area is 200 Å². The maximum absolute atomic E-state index is 13.7. The number of carbonyl (C=O) groups excluding carboxylic acids is 1. The minimum absolute atomic E-state index is 0.156. The van der Waals surface area contributed by atoms with Crippen LogP contribution < -0.4 is 10.6 Å². The third-order valence-corrected chi connectivity index (χ3v) is 6.33. The minimum Gasteiger partial charge on any atom is -0.376 e. The van der Waals surface area contributed by atoms with Crippen molar-refractivity contribution in [2.45, 2.75) is 32.0 Å². The molecule has 5 rings (SSSR count). The number of rotatable bonds is 6. The lowest BCUT2D eigenvalue weighted by Gasteiger charge is -2.20. The van der Waals surface area contributed by atoms with Gasteiger partial charge in [-0.1, -0.05) is 11.3 Å². The summed E-state index contributed by atoms with van der Waals surface area (Å²) in [4.78, 5) is 27.1. The van der Waals surface area contributed by atoms with E-state index in [9.17, 15) is 18.0 Å². The Kier molecular flexibility index (Phi) is 5.84. The molecule has 1 atom stereocenters. The van der Waals surface area contributed by atoms with Gasteiger partial charge >= 0.3 is 12.2 Å². The van der Waals surface area contributed by atoms with E-state index in [2.05, 4.69) is 35.8 Å². The van der Waals surface area contributed by atoms with Gasteiger partial charge in [0.1, 0.15) is 15.9 Å². The molecule has 4 heterocycles. The van der Waals surface area contributed by atoms with Gasteiger partial charge < -0.3 is 15.4 Å². The van der Waals surface area contributed by atoms with E-state index < -0.39 is 23.6 Å². The summed E-state index contributed by atoms with van der Waals surface area (Å²) in [5, 5.41) is 13.3. The number of nitrogens with zero attached hydrogens (tertiary/aromatic N) is 6. The molecule has 0 spiro atoms. The molecule has 1 saturated carbocycles. The maximum atomic E-state index is 13.7. The van der Waals surface area contributed by atoms with Crippen molar-refractivity contribution in [1.82, 2.24) is 29.9 Å². The van der Waals surface area contributed by atoms with E-state index in [1.807, 2.05) is 6.92 Å². The number of pyridine rings is 2. The highest BCUT2D eigenvalue weighted by Gasteiger charge is 2.37. The molecule has 0 aromatic carbocycles. The molecule has 0 bridgehead atoms. The van der Waals surface area contributed by atoms with Crippen molar-refractivity contribution in [3.05, 3.63) is 47.0 Å². The van der Waals surface area contributed by atoms with Crippen molar-refractivity contribution < 1.29 is 22.7 Å². The number of nitrogens with one attached hydrogen (secondary N) is 2. The Morgan fingerprint density at radius 2 is 1.94 bits per heavy atom. The van der Waals surface area contributed by atoms with Crippen LogP contribution >= 0.6 is 11.3 Å². The number of alkyl halides is 3. The smallest absolute Gasteiger partial charge is 0.376 e. The summed E-state index contributed by atoms with van der Waals surface area (Å²) >= 11 is 1.43. The van der Waals surface area contributed by atoms with Crippen LogP contribution in [0.1, 0.15) is 35.1 Å². The second-order valence-electron chi connectivity index (χ2n) is 7.96. The average Bonchev–Trinajstić information content (AvgIpc) is 3.34. The normalized spacial score (nSPS) is 14.8. The first-order chi connectivity index (χ1) is 16.7. The second kappa shape index (κ2) is 8.85. The van der Waals surface area contributed by atoms with Crippen molar-refractivity contribution in [2.75, 3.05) is 17.7 Å². The zero-order chi connectivity index (χ0) is 24.7. The van der Waals surface area contributed by atoms with Crippen LogP contribution in [0.5, 0.6) is 0 Å². The molecule has 0 radical (unpaired) electrons. The molecule has 4 aromatic heterocycles. The zero-order valence-electron chi connectivity index (χ0n) is 18.5. The van der Waals surface area contributed by atoms with E-state index in [-0.39, 0.29) is 11.8 Å². The lowest BCUT2D eigenvalue weighted by molar-refractivity contribution is -0.137. The molecular weight excluding hydrogens is 485 g/mol. The predicted molar refractivity (Wildman–Crippen MR) is 121 cm³/mol. The molecule has 14 heteroatoms. The number of methoxy groups -OCH3 is 1. The van der Waals surface area contributed by atoms with Gasteiger partial charge in [-0.15, -0.1) is 4.80 Å². The number of hydrogen-bond acceptors (Lipinski definition) is 8. The monoisotopic (exact) mass is 504 g/mol. The van der Waals surface area contributed by atoms with Crippen LogP contribution in [0.15, 0.2) is 30.9 Å². The topological polar surface area (TPSA) is 120 Å². The number of fused-ring (bicyclic) bond motifs is 1. The largest absolute Gasteiger partial charge is 0.420 e. The van der Waals surface area contributed by atoms with Gasteiger partial charge in [0.05, 0.1) is 47.3 Å². The summed E-state index contributed by atoms with van der Waals surface area (Å²) in [7, 11) is 1.60. The van der Waals surface area contributed by atoms with E-state index in [1.165, 1.54) is 29.9 Å². The van der Waals surface area contributed by atoms with Gasteiger partial charge in [-0.3, -0.25) is 0 Å². The molecule has 4 aromatic rings. The molecule has 2 amide bonds. The number of aryl methyl sites for hydroxylation is 1. The van der Waals surface area contributed by atoms with E-state index in [4.69, 9.17) is 4.74 Å². The number of amides is 2. The number of halogens is 3. The molecule has 10 nitrogen and oxygen atoms in total. The van der Waals surface area contributed by atoms with Crippen molar-refractivity contribution >= 4 is 39.1 Å². The van der Waals surface area contributed by atoms with Gasteiger partial charge in [0.25, 0.3) is 0 Å². The fourth-order valence-corrected chi connectivity index (χ4v) is 4.61. The van der Waals surface area contributed by atoms with E-state index in [1.54, 1.807) is 7.11 Å². The summed E-state index contributed by atoms with van der Waals surface area (Å²) in [5.74, 6) is -0.213. The maximum Gasteiger partial charge on any atom is 0.420 e. The Morgan fingerprint density at radius 3 is 2.60 bits per heavy atom. The van der Waals surface area contributed by atoms with Gasteiger partial charge in [-0.05, 0) is 31.7 Å². The van der Waals surface area contributed by atoms with Crippen LogP contribution in [0.2, 0.25) is 0 Å². The van der Waals surface area contributed by atoms with Gasteiger partial charge in [0, 0.05) is 12.7 Å². The SMILES string of the molecule is COC(c1c(NC(=O)Nc2cnc(-n3nccn3)c(C(F)(F)F)c2)cnc2sc(C)nc12)C1CC1. The van der Waals surface area contributed by atoms with Crippen LogP contribution in [0.3, 0.4) is 0 Å². The summed E-state index contributed by atoms with van der Waals surface area (Å²) < 4.78 is 46.7. The summed E-state index contributed by atoms with van der Waals surface area (Å²) in [6.45, 7) is 1.86. The Balaban J connectivity index is 1.44. The molecule has 1 aliphatic rings. The first-order valence-corrected chi connectivity index (χ1v) is 11.4. The second-order valence-corrected chi connectivity index (χ2v) is 9.14. The molecule has 1 aliphatic carbocycles. The van der Waals surface area contributed by atoms with Gasteiger partial charge in [-0.25, -0.2) is 19.7 Å². The highest BCUT2D eigenvalue weighted by atomic mass is 32.1. The van der Waals surface area contributed by atoms with Crippen LogP contribution in [0.25, 0.3) is 16.2 Å². The van der Waals surface area contributed by atoms with Crippen molar-refractivity contribution in [1.29, 1.82) is 0 Å². The summed E-state index contributed by atoms with van der Waals surface area (Å²) in [6.07, 6.45) is 2.02. The summed E-state index contributed by atoms with van der Waals surface area (Å²) in [6, 6.07) is 0.0180. The number of aromatic nitrogens is 6. The van der Waals surface area contributed by atoms with Crippen LogP contribution in [0, 0.1) is 12.8 Å². The van der Waals surface area contributed by atoms with Crippen molar-refractivity contribution in [2.24, 2.45) is 5.92 Å². The molecular formula is C21H19F3N8O2S. The molecule has 1 fully saturated rings. The van der Waals surface area contributed by atoms with E-state index >= 15 is 0 Å². The first kappa shape index (κ1) is 23.1. The predicted octanol–water partition coefficient (Wildman–Crippen LogP) is 4.74. The quantitative estimate of drug-likeness (QED) is 0.389. The first-order valence-electron chi connectivity index (χ1n) is 10.6. The Hall–Kier alpha value is -3.65. The Morgan fingerprint density at radius 1 is 1.20 bits per heavy atom. The van der Waals surface area contributed by atoms with Crippen LogP contribution in [-0.2, 0) is 10.9 Å². The van der Waals surface area contributed by atoms with Crippen molar-refractivity contribution in [3.63, 3.8) is 0 Å². The number of urea groups is 1. The van der Waals surface area contributed by atoms with Crippen LogP contribution in [0.4, 0.5) is 29.3 Å². The third kappa shape index (κ3) is 4.66. The molecule has 1 unspecified atom stereocenters. The molecule has 0 aliphatic heterocycles. The minimum atomic E-state index is -4.75. The average molecular weight is 504 g/mol. The number of carbonyl (C=O) groups is 1. The lowest BCUT2D eigenvalue weighted by Crippen LogP contribution is -2.22. The lowest BCUT2D eigenvalue weighted by atomic mass is 10.0. The summed E-state index contributed by atoms with van der Waals surface area (Å²) in [5.41, 5.74) is 0.466.